The summed E-state index contributed by atoms with van der Waals surface area (Å²) in [5.41, 5.74) is 5.47. The van der Waals surface area contributed by atoms with E-state index in [-0.39, 0.29) is 0 Å². The molecule has 3 nitrogen and oxygen atoms in total. The van der Waals surface area contributed by atoms with Gasteiger partial charge in [-0.05, 0) is 18.8 Å². The summed E-state index contributed by atoms with van der Waals surface area (Å²) in [6, 6.07) is 0. The Morgan fingerprint density at radius 2 is 2.50 bits per heavy atom. The molecule has 0 bridgehead atoms. The second-order valence-corrected chi connectivity index (χ2v) is 4.27. The van der Waals surface area contributed by atoms with Crippen molar-refractivity contribution in [3.63, 3.8) is 0 Å². The number of thiazole rings is 1. The van der Waals surface area contributed by atoms with E-state index in [9.17, 15) is 0 Å². The van der Waals surface area contributed by atoms with Crippen molar-refractivity contribution in [3.05, 3.63) is 11.1 Å². The highest BCUT2D eigenvalue weighted by Gasteiger charge is 2.21. The molecule has 1 saturated carbocycles. The Hall–Kier alpha value is -0.610. The van der Waals surface area contributed by atoms with Crippen LogP contribution in [0.15, 0.2) is 6.20 Å². The van der Waals surface area contributed by atoms with Gasteiger partial charge in [-0.3, -0.25) is 0 Å². The first-order chi connectivity index (χ1) is 5.84. The van der Waals surface area contributed by atoms with Gasteiger partial charge in [-0.15, -0.1) is 0 Å². The molecule has 4 heteroatoms. The van der Waals surface area contributed by atoms with Crippen molar-refractivity contribution in [2.24, 2.45) is 5.92 Å². The van der Waals surface area contributed by atoms with Crippen molar-refractivity contribution < 1.29 is 4.74 Å². The SMILES string of the molecule is Nc1ncc(COCC2CC2)s1. The van der Waals surface area contributed by atoms with E-state index >= 15 is 0 Å². The molecule has 0 radical (unpaired) electrons. The molecule has 66 valence electrons. The summed E-state index contributed by atoms with van der Waals surface area (Å²) in [6.07, 6.45) is 4.46. The zero-order chi connectivity index (χ0) is 8.39. The van der Waals surface area contributed by atoms with Gasteiger partial charge in [0.25, 0.3) is 0 Å². The molecule has 2 N–H and O–H groups in total. The van der Waals surface area contributed by atoms with Gasteiger partial charge in [0, 0.05) is 12.8 Å². The molecule has 0 atom stereocenters. The fourth-order valence-electron chi connectivity index (χ4n) is 1.00. The molecule has 1 aromatic rings. The average Bonchev–Trinajstić information content (AvgIpc) is 2.76. The molecular weight excluding hydrogens is 172 g/mol. The quantitative estimate of drug-likeness (QED) is 0.774. The first kappa shape index (κ1) is 8.01. The third kappa shape index (κ3) is 2.19. The summed E-state index contributed by atoms with van der Waals surface area (Å²) in [5, 5.41) is 0.625. The standard InChI is InChI=1S/C8H12N2OS/c9-8-10-3-7(12-8)5-11-4-6-1-2-6/h3,6H,1-2,4-5H2,(H2,9,10). The van der Waals surface area contributed by atoms with Gasteiger partial charge >= 0.3 is 0 Å². The lowest BCUT2D eigenvalue weighted by Crippen LogP contribution is -1.94. The third-order valence-electron chi connectivity index (χ3n) is 1.87. The average molecular weight is 184 g/mol. The minimum atomic E-state index is 0.625. The van der Waals surface area contributed by atoms with Gasteiger partial charge in [-0.2, -0.15) is 0 Å². The van der Waals surface area contributed by atoms with Crippen LogP contribution in [0.3, 0.4) is 0 Å². The molecule has 0 spiro atoms. The minimum absolute atomic E-state index is 0.625. The summed E-state index contributed by atoms with van der Waals surface area (Å²) in [5.74, 6) is 0.829. The Morgan fingerprint density at radius 1 is 1.67 bits per heavy atom. The van der Waals surface area contributed by atoms with Gasteiger partial charge in [0.15, 0.2) is 5.13 Å². The Kier molecular flexibility index (Phi) is 2.28. The molecule has 1 aliphatic rings. The molecule has 0 saturated heterocycles. The van der Waals surface area contributed by atoms with E-state index in [0.717, 1.165) is 17.4 Å². The van der Waals surface area contributed by atoms with Gasteiger partial charge in [-0.25, -0.2) is 4.98 Å². The number of nitrogens with zero attached hydrogens (tertiary/aromatic N) is 1. The Balaban J connectivity index is 1.71. The summed E-state index contributed by atoms with van der Waals surface area (Å²) in [6.45, 7) is 1.57. The predicted octanol–water partition coefficient (Wildman–Crippen LogP) is 1.65. The van der Waals surface area contributed by atoms with Crippen molar-refractivity contribution in [3.8, 4) is 0 Å². The summed E-state index contributed by atoms with van der Waals surface area (Å²) < 4.78 is 5.47. The lowest BCUT2D eigenvalue weighted by atomic mass is 10.5. The van der Waals surface area contributed by atoms with Crippen LogP contribution >= 0.6 is 11.3 Å². The first-order valence-electron chi connectivity index (χ1n) is 4.12. The molecule has 1 aliphatic carbocycles. The number of hydrogen-bond donors (Lipinski definition) is 1. The van der Waals surface area contributed by atoms with Crippen LogP contribution in [0.25, 0.3) is 0 Å². The molecule has 1 aromatic heterocycles. The lowest BCUT2D eigenvalue weighted by Gasteiger charge is -1.98. The van der Waals surface area contributed by atoms with Crippen molar-refractivity contribution in [2.45, 2.75) is 19.4 Å². The number of nitrogen functional groups attached to an aromatic ring is 1. The van der Waals surface area contributed by atoms with Crippen LogP contribution in [-0.4, -0.2) is 11.6 Å². The van der Waals surface area contributed by atoms with Crippen LogP contribution < -0.4 is 5.73 Å². The third-order valence-corrected chi connectivity index (χ3v) is 2.67. The van der Waals surface area contributed by atoms with Gasteiger partial charge in [-0.1, -0.05) is 11.3 Å². The van der Waals surface area contributed by atoms with Crippen LogP contribution in [-0.2, 0) is 11.3 Å². The molecule has 1 fully saturated rings. The van der Waals surface area contributed by atoms with Crippen LogP contribution in [0.5, 0.6) is 0 Å². The molecule has 0 aliphatic heterocycles. The molecule has 2 rings (SSSR count). The van der Waals surface area contributed by atoms with Crippen molar-refractivity contribution >= 4 is 16.5 Å². The van der Waals surface area contributed by atoms with Crippen LogP contribution in [0, 0.1) is 5.92 Å². The van der Waals surface area contributed by atoms with Crippen LogP contribution in [0.1, 0.15) is 17.7 Å². The van der Waals surface area contributed by atoms with Crippen molar-refractivity contribution in [1.29, 1.82) is 0 Å². The maximum Gasteiger partial charge on any atom is 0.180 e. The highest BCUT2D eigenvalue weighted by Crippen LogP contribution is 2.29. The number of nitrogens with two attached hydrogens (primary N) is 1. The molecule has 0 amide bonds. The van der Waals surface area contributed by atoms with E-state index in [4.69, 9.17) is 10.5 Å². The largest absolute Gasteiger partial charge is 0.376 e. The molecule has 0 unspecified atom stereocenters. The highest BCUT2D eigenvalue weighted by molar-refractivity contribution is 7.15. The number of hydrogen-bond acceptors (Lipinski definition) is 4. The summed E-state index contributed by atoms with van der Waals surface area (Å²) in [7, 11) is 0. The van der Waals surface area contributed by atoms with Gasteiger partial charge in [0.1, 0.15) is 0 Å². The van der Waals surface area contributed by atoms with E-state index in [0.29, 0.717) is 11.7 Å². The molecule has 12 heavy (non-hydrogen) atoms. The monoisotopic (exact) mass is 184 g/mol. The Labute approximate surface area is 75.6 Å². The van der Waals surface area contributed by atoms with Crippen molar-refractivity contribution in [1.82, 2.24) is 4.98 Å². The second kappa shape index (κ2) is 3.41. The maximum absolute atomic E-state index is 5.47. The van der Waals surface area contributed by atoms with Crippen LogP contribution in [0.2, 0.25) is 0 Å². The zero-order valence-corrected chi connectivity index (χ0v) is 7.64. The summed E-state index contributed by atoms with van der Waals surface area (Å²) >= 11 is 1.50. The summed E-state index contributed by atoms with van der Waals surface area (Å²) in [4.78, 5) is 5.06. The lowest BCUT2D eigenvalue weighted by molar-refractivity contribution is 0.113. The van der Waals surface area contributed by atoms with E-state index < -0.39 is 0 Å². The van der Waals surface area contributed by atoms with E-state index in [1.807, 2.05) is 0 Å². The Bertz CT molecular complexity index is 257. The van der Waals surface area contributed by atoms with Gasteiger partial charge in [0.05, 0.1) is 11.5 Å². The molecule has 1 heterocycles. The number of rotatable bonds is 4. The topological polar surface area (TPSA) is 48.1 Å². The van der Waals surface area contributed by atoms with E-state index in [2.05, 4.69) is 4.98 Å². The fraction of sp³-hybridized carbons (Fsp3) is 0.625. The number of aromatic nitrogens is 1. The van der Waals surface area contributed by atoms with Gasteiger partial charge < -0.3 is 10.5 Å². The normalized spacial score (nSPS) is 16.7. The molecular formula is C8H12N2OS. The smallest absolute Gasteiger partial charge is 0.180 e. The predicted molar refractivity (Wildman–Crippen MR) is 48.9 cm³/mol. The van der Waals surface area contributed by atoms with E-state index in [1.165, 1.54) is 24.2 Å². The van der Waals surface area contributed by atoms with Crippen LogP contribution in [0.4, 0.5) is 5.13 Å². The van der Waals surface area contributed by atoms with E-state index in [1.54, 1.807) is 6.20 Å². The second-order valence-electron chi connectivity index (χ2n) is 3.12. The minimum Gasteiger partial charge on any atom is -0.376 e. The highest BCUT2D eigenvalue weighted by atomic mass is 32.1. The molecule has 0 aromatic carbocycles. The zero-order valence-electron chi connectivity index (χ0n) is 6.82. The number of anilines is 1. The maximum atomic E-state index is 5.47. The van der Waals surface area contributed by atoms with Gasteiger partial charge in [0.2, 0.25) is 0 Å². The van der Waals surface area contributed by atoms with Crippen molar-refractivity contribution in [2.75, 3.05) is 12.3 Å². The number of ether oxygens (including phenoxy) is 1. The Morgan fingerprint density at radius 3 is 3.08 bits per heavy atom. The first-order valence-corrected chi connectivity index (χ1v) is 4.94. The fourth-order valence-corrected chi connectivity index (χ4v) is 1.62.